The third-order valence-electron chi connectivity index (χ3n) is 3.06. The van der Waals surface area contributed by atoms with Gasteiger partial charge in [0.25, 0.3) is 0 Å². The van der Waals surface area contributed by atoms with Crippen LogP contribution in [0.3, 0.4) is 0 Å². The molecule has 2 rings (SSSR count). The molecule has 0 saturated carbocycles. The van der Waals surface area contributed by atoms with Crippen molar-refractivity contribution in [2.24, 2.45) is 0 Å². The van der Waals surface area contributed by atoms with Gasteiger partial charge < -0.3 is 14.6 Å². The van der Waals surface area contributed by atoms with Gasteiger partial charge >= 0.3 is 0 Å². The van der Waals surface area contributed by atoms with Gasteiger partial charge in [0.1, 0.15) is 11.6 Å². The fraction of sp³-hybridized carbons (Fsp3) is 0.333. The largest absolute Gasteiger partial charge is 0.467 e. The van der Waals surface area contributed by atoms with E-state index in [-0.39, 0.29) is 5.82 Å². The number of nitrogens with zero attached hydrogens (tertiary/aromatic N) is 1. The molecule has 0 amide bonds. The molecule has 0 bridgehead atoms. The van der Waals surface area contributed by atoms with Crippen molar-refractivity contribution >= 4 is 5.69 Å². The van der Waals surface area contributed by atoms with Crippen molar-refractivity contribution in [1.29, 1.82) is 0 Å². The predicted molar refractivity (Wildman–Crippen MR) is 74.6 cm³/mol. The molecule has 102 valence electrons. The summed E-state index contributed by atoms with van der Waals surface area (Å²) in [4.78, 5) is 1.99. The van der Waals surface area contributed by atoms with E-state index in [1.165, 1.54) is 6.07 Å². The van der Waals surface area contributed by atoms with Crippen LogP contribution < -0.4 is 10.2 Å². The van der Waals surface area contributed by atoms with Crippen molar-refractivity contribution in [3.63, 3.8) is 0 Å². The molecular weight excluding hydrogens is 243 g/mol. The highest BCUT2D eigenvalue weighted by atomic mass is 19.1. The van der Waals surface area contributed by atoms with Gasteiger partial charge in [-0.05, 0) is 37.7 Å². The molecule has 4 heteroatoms. The Morgan fingerprint density at radius 3 is 2.74 bits per heavy atom. The number of hydrogen-bond acceptors (Lipinski definition) is 3. The maximum absolute atomic E-state index is 14.1. The third kappa shape index (κ3) is 3.15. The summed E-state index contributed by atoms with van der Waals surface area (Å²) in [6, 6.07) is 8.94. The molecule has 2 aromatic rings. The summed E-state index contributed by atoms with van der Waals surface area (Å²) < 4.78 is 19.5. The summed E-state index contributed by atoms with van der Waals surface area (Å²) in [7, 11) is 1.86. The summed E-state index contributed by atoms with van der Waals surface area (Å²) in [5.41, 5.74) is 1.60. The van der Waals surface area contributed by atoms with Gasteiger partial charge in [-0.15, -0.1) is 0 Å². The summed E-state index contributed by atoms with van der Waals surface area (Å²) >= 11 is 0. The molecule has 1 heterocycles. The molecular formula is C15H19FN2O. The highest BCUT2D eigenvalue weighted by molar-refractivity contribution is 5.55. The van der Waals surface area contributed by atoms with Crippen LogP contribution in [0.1, 0.15) is 18.2 Å². The number of anilines is 1. The molecule has 0 fully saturated rings. The van der Waals surface area contributed by atoms with Crippen LogP contribution >= 0.6 is 0 Å². The van der Waals surface area contributed by atoms with Crippen LogP contribution in [0.25, 0.3) is 0 Å². The molecule has 0 aliphatic rings. The maximum Gasteiger partial charge on any atom is 0.146 e. The van der Waals surface area contributed by atoms with Gasteiger partial charge in [0, 0.05) is 13.1 Å². The van der Waals surface area contributed by atoms with Crippen molar-refractivity contribution in [2.45, 2.75) is 20.0 Å². The van der Waals surface area contributed by atoms with E-state index in [0.29, 0.717) is 18.8 Å². The molecule has 1 N–H and O–H groups in total. The van der Waals surface area contributed by atoms with E-state index in [1.54, 1.807) is 12.3 Å². The Hall–Kier alpha value is -1.81. The van der Waals surface area contributed by atoms with Crippen molar-refractivity contribution < 1.29 is 8.81 Å². The second-order valence-corrected chi connectivity index (χ2v) is 4.37. The Bertz CT molecular complexity index is 511. The lowest BCUT2D eigenvalue weighted by Gasteiger charge is -2.25. The predicted octanol–water partition coefficient (Wildman–Crippen LogP) is 3.16. The Morgan fingerprint density at radius 2 is 2.11 bits per heavy atom. The van der Waals surface area contributed by atoms with Crippen molar-refractivity contribution in [2.75, 3.05) is 18.5 Å². The molecule has 19 heavy (non-hydrogen) atoms. The van der Waals surface area contributed by atoms with Gasteiger partial charge in [0.05, 0.1) is 18.5 Å². The molecule has 0 saturated heterocycles. The molecule has 1 aromatic carbocycles. The van der Waals surface area contributed by atoms with Gasteiger partial charge in [-0.3, -0.25) is 0 Å². The molecule has 0 aliphatic carbocycles. The number of nitrogens with one attached hydrogen (secondary N) is 1. The lowest BCUT2D eigenvalue weighted by Crippen LogP contribution is -2.25. The molecule has 0 unspecified atom stereocenters. The second-order valence-electron chi connectivity index (χ2n) is 4.37. The van der Waals surface area contributed by atoms with Crippen LogP contribution in [0, 0.1) is 5.82 Å². The monoisotopic (exact) mass is 262 g/mol. The van der Waals surface area contributed by atoms with Gasteiger partial charge in [0.15, 0.2) is 0 Å². The van der Waals surface area contributed by atoms with Crippen molar-refractivity contribution in [1.82, 2.24) is 5.32 Å². The van der Waals surface area contributed by atoms with Crippen molar-refractivity contribution in [3.8, 4) is 0 Å². The zero-order valence-electron chi connectivity index (χ0n) is 11.3. The minimum atomic E-state index is -0.193. The smallest absolute Gasteiger partial charge is 0.146 e. The van der Waals surface area contributed by atoms with Crippen LogP contribution in [0.2, 0.25) is 0 Å². The number of benzene rings is 1. The van der Waals surface area contributed by atoms with Crippen molar-refractivity contribution in [3.05, 3.63) is 53.7 Å². The Labute approximate surface area is 113 Å². The van der Waals surface area contributed by atoms with E-state index in [0.717, 1.165) is 17.9 Å². The van der Waals surface area contributed by atoms with E-state index in [9.17, 15) is 4.39 Å². The number of para-hydroxylation sites is 1. The normalized spacial score (nSPS) is 10.7. The average molecular weight is 262 g/mol. The average Bonchev–Trinajstić information content (AvgIpc) is 2.90. The van der Waals surface area contributed by atoms with E-state index < -0.39 is 0 Å². The van der Waals surface area contributed by atoms with Crippen LogP contribution in [0.15, 0.2) is 41.0 Å². The van der Waals surface area contributed by atoms with Crippen LogP contribution in [0.4, 0.5) is 10.1 Å². The Kier molecular flexibility index (Phi) is 4.58. The lowest BCUT2D eigenvalue weighted by molar-refractivity contribution is 0.500. The highest BCUT2D eigenvalue weighted by Gasteiger charge is 2.15. The fourth-order valence-corrected chi connectivity index (χ4v) is 2.19. The zero-order valence-corrected chi connectivity index (χ0v) is 11.3. The summed E-state index contributed by atoms with van der Waals surface area (Å²) in [5, 5.41) is 3.07. The molecule has 0 radical (unpaired) electrons. The minimum Gasteiger partial charge on any atom is -0.467 e. The highest BCUT2D eigenvalue weighted by Crippen LogP contribution is 2.26. The third-order valence-corrected chi connectivity index (χ3v) is 3.06. The maximum atomic E-state index is 14.1. The van der Waals surface area contributed by atoms with Gasteiger partial charge in [0.2, 0.25) is 0 Å². The molecule has 3 nitrogen and oxygen atoms in total. The van der Waals surface area contributed by atoms with E-state index in [4.69, 9.17) is 4.42 Å². The summed E-state index contributed by atoms with van der Waals surface area (Å²) in [5.74, 6) is 0.640. The van der Waals surface area contributed by atoms with E-state index in [1.807, 2.05) is 37.1 Å². The molecule has 0 spiro atoms. The topological polar surface area (TPSA) is 28.4 Å². The first-order valence-electron chi connectivity index (χ1n) is 6.45. The van der Waals surface area contributed by atoms with Gasteiger partial charge in [-0.1, -0.05) is 12.1 Å². The van der Waals surface area contributed by atoms with Crippen LogP contribution in [-0.2, 0) is 13.1 Å². The van der Waals surface area contributed by atoms with Gasteiger partial charge in [-0.25, -0.2) is 4.39 Å². The first-order chi connectivity index (χ1) is 9.26. The zero-order chi connectivity index (χ0) is 13.7. The Morgan fingerprint density at radius 1 is 1.26 bits per heavy atom. The molecule has 0 aliphatic heterocycles. The lowest BCUT2D eigenvalue weighted by atomic mass is 10.1. The minimum absolute atomic E-state index is 0.193. The standard InChI is InChI=1S/C15H19FN2O/c1-3-18(11-13-7-5-9-19-13)15-12(10-17-2)6-4-8-14(15)16/h4-9,17H,3,10-11H2,1-2H3. The first-order valence-corrected chi connectivity index (χ1v) is 6.45. The molecule has 1 aromatic heterocycles. The molecule has 0 atom stereocenters. The Balaban J connectivity index is 2.31. The second kappa shape index (κ2) is 6.38. The SMILES string of the molecule is CCN(Cc1ccco1)c1c(F)cccc1CNC. The van der Waals surface area contributed by atoms with Gasteiger partial charge in [-0.2, -0.15) is 0 Å². The quantitative estimate of drug-likeness (QED) is 0.866. The number of furan rings is 1. The summed E-state index contributed by atoms with van der Waals surface area (Å²) in [6.07, 6.45) is 1.64. The fourth-order valence-electron chi connectivity index (χ4n) is 2.19. The van der Waals surface area contributed by atoms with Crippen LogP contribution in [-0.4, -0.2) is 13.6 Å². The number of rotatable bonds is 6. The summed E-state index contributed by atoms with van der Waals surface area (Å²) in [6.45, 7) is 3.94. The first kappa shape index (κ1) is 13.6. The van der Waals surface area contributed by atoms with Crippen LogP contribution in [0.5, 0.6) is 0 Å². The number of hydrogen-bond donors (Lipinski definition) is 1. The number of halogens is 1. The van der Waals surface area contributed by atoms with E-state index in [2.05, 4.69) is 5.32 Å². The van der Waals surface area contributed by atoms with E-state index >= 15 is 0 Å².